The van der Waals surface area contributed by atoms with Crippen LogP contribution in [0.4, 0.5) is 0 Å². The van der Waals surface area contributed by atoms with Crippen LogP contribution in [0.2, 0.25) is 5.02 Å². The quantitative estimate of drug-likeness (QED) is 0.560. The predicted molar refractivity (Wildman–Crippen MR) is 90.8 cm³/mol. The Morgan fingerprint density at radius 3 is 2.39 bits per heavy atom. The summed E-state index contributed by atoms with van der Waals surface area (Å²) in [6.07, 6.45) is 0. The lowest BCUT2D eigenvalue weighted by atomic mass is 10.2. The van der Waals surface area contributed by atoms with Crippen molar-refractivity contribution in [1.82, 2.24) is 19.8 Å². The van der Waals surface area contributed by atoms with Crippen LogP contribution in [0.25, 0.3) is 26.8 Å². The summed E-state index contributed by atoms with van der Waals surface area (Å²) < 4.78 is 1.30. The first-order valence-corrected chi connectivity index (χ1v) is 8.00. The van der Waals surface area contributed by atoms with Crippen LogP contribution in [0.1, 0.15) is 0 Å². The Hall–Kier alpha value is -2.57. The molecule has 112 valence electrons. The summed E-state index contributed by atoms with van der Waals surface area (Å²) in [6, 6.07) is 16.5. The molecule has 2 aromatic carbocycles. The van der Waals surface area contributed by atoms with E-state index in [0.717, 1.165) is 11.1 Å². The van der Waals surface area contributed by atoms with E-state index in [2.05, 4.69) is 15.3 Å². The van der Waals surface area contributed by atoms with Crippen LogP contribution in [0.15, 0.2) is 59.4 Å². The highest BCUT2D eigenvalue weighted by Crippen LogP contribution is 2.25. The minimum absolute atomic E-state index is 0.280. The molecule has 0 atom stereocenters. The molecule has 0 saturated carbocycles. The molecule has 0 aliphatic carbocycles. The van der Waals surface area contributed by atoms with Crippen molar-refractivity contribution in [3.63, 3.8) is 0 Å². The molecular weight excluding hydrogens is 332 g/mol. The highest BCUT2D eigenvalue weighted by atomic mass is 35.5. The number of halogens is 1. The SMILES string of the molecule is O=c1c(-c2ccccc2)nnc2sc(-c3ccc(Cl)cc3)nn12. The van der Waals surface area contributed by atoms with Gasteiger partial charge in [0.05, 0.1) is 0 Å². The molecule has 0 amide bonds. The molecule has 0 spiro atoms. The molecule has 0 N–H and O–H groups in total. The van der Waals surface area contributed by atoms with E-state index < -0.39 is 0 Å². The van der Waals surface area contributed by atoms with Gasteiger partial charge in [-0.2, -0.15) is 9.61 Å². The topological polar surface area (TPSA) is 60.2 Å². The molecule has 5 nitrogen and oxygen atoms in total. The van der Waals surface area contributed by atoms with Crippen LogP contribution in [0.5, 0.6) is 0 Å². The predicted octanol–water partition coefficient (Wildman–Crippen LogP) is 3.53. The summed E-state index contributed by atoms with van der Waals surface area (Å²) in [5, 5.41) is 13.9. The first-order chi connectivity index (χ1) is 11.2. The second kappa shape index (κ2) is 5.57. The number of hydrogen-bond acceptors (Lipinski definition) is 5. The average molecular weight is 341 g/mol. The largest absolute Gasteiger partial charge is 0.302 e. The van der Waals surface area contributed by atoms with Crippen molar-refractivity contribution >= 4 is 27.9 Å². The van der Waals surface area contributed by atoms with E-state index in [-0.39, 0.29) is 11.3 Å². The van der Waals surface area contributed by atoms with E-state index in [4.69, 9.17) is 11.6 Å². The first kappa shape index (κ1) is 14.0. The minimum Gasteiger partial charge on any atom is -0.265 e. The Morgan fingerprint density at radius 1 is 0.913 bits per heavy atom. The monoisotopic (exact) mass is 340 g/mol. The standard InChI is InChI=1S/C16H9ClN4OS/c17-12-8-6-11(7-9-12)14-20-21-15(22)13(18-19-16(21)23-14)10-4-2-1-3-5-10/h1-9H. The number of hydrogen-bond donors (Lipinski definition) is 0. The third-order valence-electron chi connectivity index (χ3n) is 3.33. The van der Waals surface area contributed by atoms with Crippen LogP contribution in [0.3, 0.4) is 0 Å². The van der Waals surface area contributed by atoms with Crippen LogP contribution in [0, 0.1) is 0 Å². The second-order valence-electron chi connectivity index (χ2n) is 4.83. The Morgan fingerprint density at radius 2 is 1.65 bits per heavy atom. The first-order valence-electron chi connectivity index (χ1n) is 6.80. The highest BCUT2D eigenvalue weighted by molar-refractivity contribution is 7.19. The zero-order valence-electron chi connectivity index (χ0n) is 11.7. The van der Waals surface area contributed by atoms with E-state index in [0.29, 0.717) is 15.0 Å². The lowest BCUT2D eigenvalue weighted by molar-refractivity contribution is 0.862. The lowest BCUT2D eigenvalue weighted by Crippen LogP contribution is -2.19. The molecule has 0 fully saturated rings. The number of aromatic nitrogens is 4. The Labute approximate surface area is 139 Å². The smallest absolute Gasteiger partial charge is 0.265 e. The number of fused-ring (bicyclic) bond motifs is 1. The van der Waals surface area contributed by atoms with Gasteiger partial charge >= 0.3 is 5.56 Å². The van der Waals surface area contributed by atoms with E-state index in [1.54, 1.807) is 12.1 Å². The van der Waals surface area contributed by atoms with Crippen molar-refractivity contribution in [3.05, 3.63) is 70.0 Å². The van der Waals surface area contributed by atoms with Crippen molar-refractivity contribution in [2.75, 3.05) is 0 Å². The Bertz CT molecular complexity index is 1040. The minimum atomic E-state index is -0.280. The van der Waals surface area contributed by atoms with Gasteiger partial charge < -0.3 is 0 Å². The van der Waals surface area contributed by atoms with Crippen molar-refractivity contribution in [2.24, 2.45) is 0 Å². The van der Waals surface area contributed by atoms with Crippen molar-refractivity contribution in [1.29, 1.82) is 0 Å². The molecule has 0 saturated heterocycles. The molecule has 4 aromatic rings. The van der Waals surface area contributed by atoms with Crippen LogP contribution < -0.4 is 5.56 Å². The van der Waals surface area contributed by atoms with Crippen LogP contribution in [-0.2, 0) is 0 Å². The molecule has 2 heterocycles. The fourth-order valence-corrected chi connectivity index (χ4v) is 3.17. The van der Waals surface area contributed by atoms with Gasteiger partial charge in [-0.15, -0.1) is 10.2 Å². The van der Waals surface area contributed by atoms with Gasteiger partial charge in [0, 0.05) is 16.1 Å². The number of nitrogens with zero attached hydrogens (tertiary/aromatic N) is 4. The molecule has 0 aliphatic heterocycles. The fraction of sp³-hybridized carbons (Fsp3) is 0. The number of benzene rings is 2. The van der Waals surface area contributed by atoms with Gasteiger partial charge in [-0.25, -0.2) is 0 Å². The van der Waals surface area contributed by atoms with Crippen LogP contribution >= 0.6 is 22.9 Å². The molecule has 0 aliphatic rings. The average Bonchev–Trinajstić information content (AvgIpc) is 3.02. The molecule has 7 heteroatoms. The van der Waals surface area contributed by atoms with Gasteiger partial charge in [0.2, 0.25) is 4.96 Å². The molecule has 0 bridgehead atoms. The Balaban J connectivity index is 1.88. The van der Waals surface area contributed by atoms with Crippen molar-refractivity contribution in [3.8, 4) is 21.8 Å². The van der Waals surface area contributed by atoms with Gasteiger partial charge in [-0.1, -0.05) is 65.4 Å². The molecule has 4 rings (SSSR count). The van der Waals surface area contributed by atoms with Crippen LogP contribution in [-0.4, -0.2) is 19.8 Å². The summed E-state index contributed by atoms with van der Waals surface area (Å²) in [6.45, 7) is 0. The summed E-state index contributed by atoms with van der Waals surface area (Å²) in [5.41, 5.74) is 1.61. The third-order valence-corrected chi connectivity index (χ3v) is 4.53. The van der Waals surface area contributed by atoms with Crippen molar-refractivity contribution < 1.29 is 0 Å². The van der Waals surface area contributed by atoms with Gasteiger partial charge in [0.1, 0.15) is 5.01 Å². The molecule has 0 radical (unpaired) electrons. The molecular formula is C16H9ClN4OS. The van der Waals surface area contributed by atoms with E-state index in [1.807, 2.05) is 42.5 Å². The zero-order chi connectivity index (χ0) is 15.8. The number of rotatable bonds is 2. The maximum Gasteiger partial charge on any atom is 0.302 e. The third kappa shape index (κ3) is 2.52. The summed E-state index contributed by atoms with van der Waals surface area (Å²) >= 11 is 7.21. The second-order valence-corrected chi connectivity index (χ2v) is 6.22. The zero-order valence-corrected chi connectivity index (χ0v) is 13.3. The molecule has 23 heavy (non-hydrogen) atoms. The van der Waals surface area contributed by atoms with E-state index in [9.17, 15) is 4.79 Å². The lowest BCUT2D eigenvalue weighted by Gasteiger charge is -1.97. The van der Waals surface area contributed by atoms with E-state index in [1.165, 1.54) is 15.9 Å². The summed E-state index contributed by atoms with van der Waals surface area (Å²) in [4.78, 5) is 13.1. The fourth-order valence-electron chi connectivity index (χ4n) is 2.20. The summed E-state index contributed by atoms with van der Waals surface area (Å²) in [5.74, 6) is 0. The maximum absolute atomic E-state index is 12.6. The maximum atomic E-state index is 12.6. The normalized spacial score (nSPS) is 11.0. The van der Waals surface area contributed by atoms with Crippen molar-refractivity contribution in [2.45, 2.75) is 0 Å². The molecule has 2 aromatic heterocycles. The van der Waals surface area contributed by atoms with Gasteiger partial charge in [-0.3, -0.25) is 4.79 Å². The molecule has 0 unspecified atom stereocenters. The summed E-state index contributed by atoms with van der Waals surface area (Å²) in [7, 11) is 0. The highest BCUT2D eigenvalue weighted by Gasteiger charge is 2.14. The van der Waals surface area contributed by atoms with Gasteiger partial charge in [0.15, 0.2) is 5.69 Å². The Kier molecular flexibility index (Phi) is 3.40. The van der Waals surface area contributed by atoms with Gasteiger partial charge in [-0.05, 0) is 12.1 Å². The van der Waals surface area contributed by atoms with Gasteiger partial charge in [0.25, 0.3) is 0 Å². The van der Waals surface area contributed by atoms with E-state index >= 15 is 0 Å².